The van der Waals surface area contributed by atoms with Gasteiger partial charge in [-0.05, 0) is 30.5 Å². The number of rotatable bonds is 8. The van der Waals surface area contributed by atoms with Gasteiger partial charge in [-0.1, -0.05) is 12.1 Å². The molecule has 1 aliphatic heterocycles. The molecule has 1 N–H and O–H groups in total. The van der Waals surface area contributed by atoms with Crippen LogP contribution in [-0.4, -0.2) is 73.4 Å². The summed E-state index contributed by atoms with van der Waals surface area (Å²) >= 11 is 1.76. The lowest BCUT2D eigenvalue weighted by atomic mass is 10.1. The van der Waals surface area contributed by atoms with E-state index in [0.717, 1.165) is 50.0 Å². The van der Waals surface area contributed by atoms with Gasteiger partial charge in [0.05, 0.1) is 7.11 Å². The lowest BCUT2D eigenvalue weighted by Gasteiger charge is -2.41. The Bertz CT molecular complexity index is 765. The molecule has 1 fully saturated rings. The molecule has 1 aliphatic rings. The summed E-state index contributed by atoms with van der Waals surface area (Å²) in [5.74, 6) is 0.933. The van der Waals surface area contributed by atoms with Crippen LogP contribution in [0.1, 0.15) is 22.4 Å². The lowest BCUT2D eigenvalue weighted by molar-refractivity contribution is 0.0504. The van der Waals surface area contributed by atoms with Crippen molar-refractivity contribution in [2.45, 2.75) is 32.5 Å². The summed E-state index contributed by atoms with van der Waals surface area (Å²) < 4.78 is 5.38. The smallest absolute Gasteiger partial charge is 0.185 e. The van der Waals surface area contributed by atoms with Crippen LogP contribution in [-0.2, 0) is 13.1 Å². The third-order valence-corrected chi connectivity index (χ3v) is 6.45. The first kappa shape index (κ1) is 21.0. The summed E-state index contributed by atoms with van der Waals surface area (Å²) in [5, 5.41) is 10.6. The number of aliphatic hydroxyl groups is 1. The number of hydrogen-bond acceptors (Lipinski definition) is 7. The first-order valence-corrected chi connectivity index (χ1v) is 10.6. The standard InChI is InChI=1S/C21H32N4O2S/c1-16-11-17(5-6-20(16)27-4)13-25-9-8-24(14-18(25)7-10-26)15-19-12-22-21(28-19)23(2)3/h5-6,11-12,18,26H,7-10,13-15H2,1-4H3/t18-/m1/s1. The van der Waals surface area contributed by atoms with E-state index >= 15 is 0 Å². The monoisotopic (exact) mass is 404 g/mol. The normalized spacial score (nSPS) is 18.4. The number of ether oxygens (including phenoxy) is 1. The molecule has 2 aromatic rings. The Hall–Kier alpha value is -1.67. The van der Waals surface area contributed by atoms with Crippen LogP contribution >= 0.6 is 11.3 Å². The summed E-state index contributed by atoms with van der Waals surface area (Å²) in [6.45, 7) is 7.17. The minimum absolute atomic E-state index is 0.224. The van der Waals surface area contributed by atoms with E-state index in [1.165, 1.54) is 16.0 Å². The van der Waals surface area contributed by atoms with Crippen molar-refractivity contribution in [2.24, 2.45) is 0 Å². The van der Waals surface area contributed by atoms with Crippen molar-refractivity contribution in [3.8, 4) is 5.75 Å². The summed E-state index contributed by atoms with van der Waals surface area (Å²) in [5.41, 5.74) is 2.46. The third-order valence-electron chi connectivity index (χ3n) is 5.30. The molecule has 0 saturated carbocycles. The Balaban J connectivity index is 1.62. The van der Waals surface area contributed by atoms with Crippen molar-refractivity contribution < 1.29 is 9.84 Å². The molecule has 3 rings (SSSR count). The van der Waals surface area contributed by atoms with Gasteiger partial charge in [0, 0.05) is 70.5 Å². The van der Waals surface area contributed by atoms with Crippen molar-refractivity contribution in [3.63, 3.8) is 0 Å². The number of anilines is 1. The van der Waals surface area contributed by atoms with E-state index < -0.39 is 0 Å². The highest BCUT2D eigenvalue weighted by atomic mass is 32.1. The van der Waals surface area contributed by atoms with E-state index in [-0.39, 0.29) is 6.61 Å². The van der Waals surface area contributed by atoms with Gasteiger partial charge < -0.3 is 14.7 Å². The Labute approximate surface area is 172 Å². The maximum Gasteiger partial charge on any atom is 0.185 e. The number of nitrogens with zero attached hydrogens (tertiary/aromatic N) is 4. The number of methoxy groups -OCH3 is 1. The summed E-state index contributed by atoms with van der Waals surface area (Å²) in [6, 6.07) is 6.77. The first-order valence-electron chi connectivity index (χ1n) is 9.83. The molecule has 0 bridgehead atoms. The topological polar surface area (TPSA) is 52.1 Å². The minimum atomic E-state index is 0.224. The first-order chi connectivity index (χ1) is 13.5. The predicted octanol–water partition coefficient (Wildman–Crippen LogP) is 2.59. The van der Waals surface area contributed by atoms with Gasteiger partial charge >= 0.3 is 0 Å². The SMILES string of the molecule is COc1ccc(CN2CCN(Cc3cnc(N(C)C)s3)C[C@H]2CCO)cc1C. The average molecular weight is 405 g/mol. The molecular formula is C21H32N4O2S. The minimum Gasteiger partial charge on any atom is -0.496 e. The summed E-state index contributed by atoms with van der Waals surface area (Å²) in [6.07, 6.45) is 2.80. The molecule has 0 amide bonds. The van der Waals surface area contributed by atoms with Gasteiger partial charge in [0.2, 0.25) is 0 Å². The maximum absolute atomic E-state index is 9.58. The number of thiazole rings is 1. The van der Waals surface area contributed by atoms with Crippen molar-refractivity contribution >= 4 is 16.5 Å². The molecule has 28 heavy (non-hydrogen) atoms. The third kappa shape index (κ3) is 5.23. The molecule has 0 unspecified atom stereocenters. The quantitative estimate of drug-likeness (QED) is 0.730. The molecule has 2 heterocycles. The molecule has 1 atom stereocenters. The highest BCUT2D eigenvalue weighted by molar-refractivity contribution is 7.15. The number of aryl methyl sites for hydroxylation is 1. The Morgan fingerprint density at radius 3 is 2.75 bits per heavy atom. The van der Waals surface area contributed by atoms with Crippen molar-refractivity contribution in [1.82, 2.24) is 14.8 Å². The van der Waals surface area contributed by atoms with Crippen molar-refractivity contribution in [3.05, 3.63) is 40.4 Å². The van der Waals surface area contributed by atoms with Crippen LogP contribution in [0.25, 0.3) is 0 Å². The van der Waals surface area contributed by atoms with Gasteiger partial charge in [0.15, 0.2) is 5.13 Å². The van der Waals surface area contributed by atoms with E-state index in [1.807, 2.05) is 26.4 Å². The van der Waals surface area contributed by atoms with E-state index in [4.69, 9.17) is 4.74 Å². The zero-order chi connectivity index (χ0) is 20.1. The Morgan fingerprint density at radius 1 is 1.29 bits per heavy atom. The number of aromatic nitrogens is 1. The van der Waals surface area contributed by atoms with Crippen LogP contribution < -0.4 is 9.64 Å². The van der Waals surface area contributed by atoms with Gasteiger partial charge in [0.1, 0.15) is 5.75 Å². The van der Waals surface area contributed by atoms with E-state index in [9.17, 15) is 5.11 Å². The maximum atomic E-state index is 9.58. The average Bonchev–Trinajstić information content (AvgIpc) is 3.13. The second-order valence-electron chi connectivity index (χ2n) is 7.68. The number of piperazine rings is 1. The van der Waals surface area contributed by atoms with Crippen molar-refractivity contribution in [2.75, 3.05) is 52.3 Å². The molecule has 1 aromatic carbocycles. The van der Waals surface area contributed by atoms with Gasteiger partial charge in [-0.2, -0.15) is 0 Å². The zero-order valence-electron chi connectivity index (χ0n) is 17.4. The largest absolute Gasteiger partial charge is 0.496 e. The van der Waals surface area contributed by atoms with Gasteiger partial charge in [-0.3, -0.25) is 9.80 Å². The van der Waals surface area contributed by atoms with E-state index in [2.05, 4.69) is 38.7 Å². The highest BCUT2D eigenvalue weighted by Crippen LogP contribution is 2.25. The Kier molecular flexibility index (Phi) is 7.29. The lowest BCUT2D eigenvalue weighted by Crippen LogP contribution is -2.52. The Morgan fingerprint density at radius 2 is 2.11 bits per heavy atom. The van der Waals surface area contributed by atoms with Crippen molar-refractivity contribution in [1.29, 1.82) is 0 Å². The second kappa shape index (κ2) is 9.69. The van der Waals surface area contributed by atoms with E-state index in [0.29, 0.717) is 6.04 Å². The molecule has 1 aromatic heterocycles. The fourth-order valence-corrected chi connectivity index (χ4v) is 4.68. The molecule has 7 heteroatoms. The van der Waals surface area contributed by atoms with Gasteiger partial charge in [-0.25, -0.2) is 4.98 Å². The van der Waals surface area contributed by atoms with Crippen LogP contribution in [0.5, 0.6) is 5.75 Å². The molecule has 0 radical (unpaired) electrons. The van der Waals surface area contributed by atoms with Crippen LogP contribution in [0.15, 0.2) is 24.4 Å². The predicted molar refractivity (Wildman–Crippen MR) is 115 cm³/mol. The van der Waals surface area contributed by atoms with Gasteiger partial charge in [-0.15, -0.1) is 11.3 Å². The number of benzene rings is 1. The fourth-order valence-electron chi connectivity index (χ4n) is 3.80. The van der Waals surface area contributed by atoms with Gasteiger partial charge in [0.25, 0.3) is 0 Å². The fraction of sp³-hybridized carbons (Fsp3) is 0.571. The zero-order valence-corrected chi connectivity index (χ0v) is 18.2. The number of hydrogen-bond donors (Lipinski definition) is 1. The molecule has 6 nitrogen and oxygen atoms in total. The molecule has 1 saturated heterocycles. The molecule has 154 valence electrons. The van der Waals surface area contributed by atoms with Crippen LogP contribution in [0, 0.1) is 6.92 Å². The highest BCUT2D eigenvalue weighted by Gasteiger charge is 2.27. The van der Waals surface area contributed by atoms with Crippen LogP contribution in [0.3, 0.4) is 0 Å². The van der Waals surface area contributed by atoms with E-state index in [1.54, 1.807) is 18.4 Å². The summed E-state index contributed by atoms with van der Waals surface area (Å²) in [7, 11) is 5.77. The number of aliphatic hydroxyl groups excluding tert-OH is 1. The molecule has 0 aliphatic carbocycles. The van der Waals surface area contributed by atoms with Crippen LogP contribution in [0.2, 0.25) is 0 Å². The molecular weight excluding hydrogens is 372 g/mol. The van der Waals surface area contributed by atoms with Crippen LogP contribution in [0.4, 0.5) is 5.13 Å². The summed E-state index contributed by atoms with van der Waals surface area (Å²) in [4.78, 5) is 12.8. The second-order valence-corrected chi connectivity index (χ2v) is 8.77. The molecule has 0 spiro atoms.